The van der Waals surface area contributed by atoms with Crippen molar-refractivity contribution in [3.63, 3.8) is 0 Å². The van der Waals surface area contributed by atoms with E-state index >= 15 is 0 Å². The van der Waals surface area contributed by atoms with Crippen LogP contribution in [0.25, 0.3) is 0 Å². The molecule has 140 valence electrons. The van der Waals surface area contributed by atoms with Gasteiger partial charge in [-0.3, -0.25) is 4.79 Å². The minimum Gasteiger partial charge on any atom is -0.484 e. The molecule has 0 aliphatic carbocycles. The fourth-order valence-electron chi connectivity index (χ4n) is 2.16. The fraction of sp³-hybridized carbons (Fsp3) is 0.294. The number of aromatic carboxylic acids is 1. The number of halogens is 3. The zero-order valence-electron chi connectivity index (χ0n) is 13.7. The number of hydrogen-bond acceptors (Lipinski definition) is 4. The lowest BCUT2D eigenvalue weighted by molar-refractivity contribution is -0.153. The lowest BCUT2D eigenvalue weighted by Gasteiger charge is -2.10. The second-order valence-corrected chi connectivity index (χ2v) is 5.34. The number of aryl methyl sites for hydroxylation is 1. The van der Waals surface area contributed by atoms with Crippen LogP contribution < -0.4 is 10.1 Å². The summed E-state index contributed by atoms with van der Waals surface area (Å²) in [5.41, 5.74) is 0.430. The van der Waals surface area contributed by atoms with Crippen molar-refractivity contribution in [3.8, 4) is 5.75 Å². The van der Waals surface area contributed by atoms with Gasteiger partial charge in [0.2, 0.25) is 0 Å². The molecule has 0 fully saturated rings. The highest BCUT2D eigenvalue weighted by atomic mass is 19.4. The molecule has 0 spiro atoms. The molecule has 9 heteroatoms. The molecule has 1 aromatic heterocycles. The Kier molecular flexibility index (Phi) is 5.91. The number of hydrogen-bond donors (Lipinski definition) is 2. The first kappa shape index (κ1) is 19.4. The van der Waals surface area contributed by atoms with Gasteiger partial charge in [0.1, 0.15) is 17.1 Å². The number of carbonyl (C=O) groups excluding carboxylic acids is 1. The molecule has 2 N–H and O–H groups in total. The van der Waals surface area contributed by atoms with E-state index in [2.05, 4.69) is 10.1 Å². The van der Waals surface area contributed by atoms with E-state index < -0.39 is 24.7 Å². The van der Waals surface area contributed by atoms with Gasteiger partial charge in [-0.1, -0.05) is 19.1 Å². The van der Waals surface area contributed by atoms with Crippen molar-refractivity contribution in [1.29, 1.82) is 0 Å². The van der Waals surface area contributed by atoms with Crippen LogP contribution in [0.15, 0.2) is 34.7 Å². The molecular formula is C17H16F3NO5. The number of carbonyl (C=O) groups is 2. The van der Waals surface area contributed by atoms with Gasteiger partial charge in [0, 0.05) is 19.0 Å². The Balaban J connectivity index is 2.00. The van der Waals surface area contributed by atoms with E-state index in [1.165, 1.54) is 18.2 Å². The first-order valence-electron chi connectivity index (χ1n) is 7.62. The monoisotopic (exact) mass is 371 g/mol. The highest BCUT2D eigenvalue weighted by Gasteiger charge is 2.28. The maximum Gasteiger partial charge on any atom is 0.422 e. The molecule has 2 rings (SSSR count). The Morgan fingerprint density at radius 3 is 2.58 bits per heavy atom. The maximum atomic E-state index is 12.2. The number of rotatable bonds is 7. The largest absolute Gasteiger partial charge is 0.484 e. The van der Waals surface area contributed by atoms with E-state index in [9.17, 15) is 22.8 Å². The summed E-state index contributed by atoms with van der Waals surface area (Å²) in [6.07, 6.45) is -4.13. The van der Waals surface area contributed by atoms with Crippen LogP contribution >= 0.6 is 0 Å². The molecule has 0 saturated heterocycles. The SMILES string of the molecule is CCc1oc(C(=O)NCc2cccc(OCC(F)(F)F)c2)cc1C(=O)O. The predicted octanol–water partition coefficient (Wildman–Crippen LogP) is 3.41. The molecule has 1 amide bonds. The number of carboxylic acids is 1. The molecule has 0 unspecified atom stereocenters. The minimum absolute atomic E-state index is 0.00656. The van der Waals surface area contributed by atoms with Gasteiger partial charge in [0.05, 0.1) is 0 Å². The summed E-state index contributed by atoms with van der Waals surface area (Å²) in [4.78, 5) is 23.2. The third-order valence-corrected chi connectivity index (χ3v) is 3.34. The maximum absolute atomic E-state index is 12.2. The van der Waals surface area contributed by atoms with Crippen LogP contribution in [0, 0.1) is 0 Å². The number of alkyl halides is 3. The highest BCUT2D eigenvalue weighted by Crippen LogP contribution is 2.20. The number of carboxylic acid groups (broad SMARTS) is 1. The van der Waals surface area contributed by atoms with Crippen molar-refractivity contribution in [2.24, 2.45) is 0 Å². The van der Waals surface area contributed by atoms with Crippen LogP contribution in [0.1, 0.15) is 39.2 Å². The van der Waals surface area contributed by atoms with Crippen molar-refractivity contribution < 1.29 is 37.0 Å². The van der Waals surface area contributed by atoms with Crippen LogP contribution in [0.4, 0.5) is 13.2 Å². The van der Waals surface area contributed by atoms with Crippen molar-refractivity contribution in [1.82, 2.24) is 5.32 Å². The molecule has 0 aliphatic rings. The predicted molar refractivity (Wildman–Crippen MR) is 84.2 cm³/mol. The topological polar surface area (TPSA) is 88.8 Å². The molecule has 26 heavy (non-hydrogen) atoms. The van der Waals surface area contributed by atoms with Crippen molar-refractivity contribution in [3.05, 3.63) is 53.0 Å². The van der Waals surface area contributed by atoms with E-state index in [-0.39, 0.29) is 29.4 Å². The van der Waals surface area contributed by atoms with Gasteiger partial charge in [-0.2, -0.15) is 13.2 Å². The normalized spacial score (nSPS) is 11.2. The number of benzene rings is 1. The van der Waals surface area contributed by atoms with Crippen LogP contribution in [-0.2, 0) is 13.0 Å². The van der Waals surface area contributed by atoms with Gasteiger partial charge < -0.3 is 19.6 Å². The summed E-state index contributed by atoms with van der Waals surface area (Å²) in [6.45, 7) is 0.291. The van der Waals surface area contributed by atoms with Crippen molar-refractivity contribution >= 4 is 11.9 Å². The Bertz CT molecular complexity index is 798. The fourth-order valence-corrected chi connectivity index (χ4v) is 2.16. The zero-order chi connectivity index (χ0) is 19.3. The van der Waals surface area contributed by atoms with E-state index in [0.717, 1.165) is 6.07 Å². The second-order valence-electron chi connectivity index (χ2n) is 5.34. The first-order chi connectivity index (χ1) is 12.2. The van der Waals surface area contributed by atoms with Crippen LogP contribution in [0.3, 0.4) is 0 Å². The molecule has 0 saturated carbocycles. The molecule has 1 aromatic carbocycles. The standard InChI is InChI=1S/C17H16F3NO5/c1-2-13-12(16(23)24)7-14(26-13)15(22)21-8-10-4-3-5-11(6-10)25-9-17(18,19)20/h3-7H,2,8-9H2,1H3,(H,21,22)(H,23,24). The first-order valence-corrected chi connectivity index (χ1v) is 7.62. The number of amides is 1. The quantitative estimate of drug-likeness (QED) is 0.779. The second kappa shape index (κ2) is 7.94. The summed E-state index contributed by atoms with van der Waals surface area (Å²) in [6, 6.07) is 6.98. The Morgan fingerprint density at radius 1 is 1.27 bits per heavy atom. The molecule has 2 aromatic rings. The van der Waals surface area contributed by atoms with Gasteiger partial charge in [-0.15, -0.1) is 0 Å². The van der Waals surface area contributed by atoms with Crippen LogP contribution in [0.5, 0.6) is 5.75 Å². The Labute approximate surface area is 146 Å². The third-order valence-electron chi connectivity index (χ3n) is 3.34. The van der Waals surface area contributed by atoms with Gasteiger partial charge >= 0.3 is 12.1 Å². The third kappa shape index (κ3) is 5.27. The van der Waals surface area contributed by atoms with E-state index in [0.29, 0.717) is 12.0 Å². The molecule has 0 radical (unpaired) electrons. The number of ether oxygens (including phenoxy) is 1. The Morgan fingerprint density at radius 2 is 2.00 bits per heavy atom. The summed E-state index contributed by atoms with van der Waals surface area (Å²) in [5, 5.41) is 11.6. The summed E-state index contributed by atoms with van der Waals surface area (Å²) >= 11 is 0. The van der Waals surface area contributed by atoms with Crippen LogP contribution in [0.2, 0.25) is 0 Å². The molecule has 1 heterocycles. The van der Waals surface area contributed by atoms with Crippen molar-refractivity contribution in [2.45, 2.75) is 26.1 Å². The molecule has 0 aliphatic heterocycles. The average Bonchev–Trinajstić information content (AvgIpc) is 3.02. The van der Waals surface area contributed by atoms with Gasteiger partial charge in [0.25, 0.3) is 5.91 Å². The van der Waals surface area contributed by atoms with Crippen LogP contribution in [-0.4, -0.2) is 29.8 Å². The molecular weight excluding hydrogens is 355 g/mol. The van der Waals surface area contributed by atoms with Gasteiger partial charge in [0.15, 0.2) is 12.4 Å². The number of furan rings is 1. The van der Waals surface area contributed by atoms with E-state index in [1.54, 1.807) is 13.0 Å². The van der Waals surface area contributed by atoms with E-state index in [4.69, 9.17) is 9.52 Å². The summed E-state index contributed by atoms with van der Waals surface area (Å²) in [7, 11) is 0. The lowest BCUT2D eigenvalue weighted by atomic mass is 10.2. The highest BCUT2D eigenvalue weighted by molar-refractivity contribution is 5.96. The molecule has 6 nitrogen and oxygen atoms in total. The van der Waals surface area contributed by atoms with Crippen molar-refractivity contribution in [2.75, 3.05) is 6.61 Å². The Hall–Kier alpha value is -2.97. The molecule has 0 bridgehead atoms. The molecule has 0 atom stereocenters. The minimum atomic E-state index is -4.44. The zero-order valence-corrected chi connectivity index (χ0v) is 13.7. The smallest absolute Gasteiger partial charge is 0.422 e. The number of nitrogens with one attached hydrogen (secondary N) is 1. The summed E-state index contributed by atoms with van der Waals surface area (Å²) in [5.74, 6) is -1.77. The van der Waals surface area contributed by atoms with E-state index in [1.807, 2.05) is 0 Å². The lowest BCUT2D eigenvalue weighted by Crippen LogP contribution is -2.22. The average molecular weight is 371 g/mol. The summed E-state index contributed by atoms with van der Waals surface area (Å²) < 4.78 is 46.4. The van der Waals surface area contributed by atoms with Gasteiger partial charge in [-0.25, -0.2) is 4.79 Å². The van der Waals surface area contributed by atoms with Gasteiger partial charge in [-0.05, 0) is 17.7 Å².